The normalized spacial score (nSPS) is 17.9. The Morgan fingerprint density at radius 2 is 2.43 bits per heavy atom. The molecular weight excluding hydrogens is 180 g/mol. The van der Waals surface area contributed by atoms with Crippen molar-refractivity contribution in [2.24, 2.45) is 0 Å². The van der Waals surface area contributed by atoms with Crippen LogP contribution in [0.15, 0.2) is 12.3 Å². The third kappa shape index (κ3) is 1.64. The molecule has 4 nitrogen and oxygen atoms in total. The minimum absolute atomic E-state index is 0.254. The predicted octanol–water partition coefficient (Wildman–Crippen LogP) is 1.49. The van der Waals surface area contributed by atoms with Crippen LogP contribution in [0.25, 0.3) is 0 Å². The molecule has 0 radical (unpaired) electrons. The van der Waals surface area contributed by atoms with E-state index in [1.54, 1.807) is 11.6 Å². The summed E-state index contributed by atoms with van der Waals surface area (Å²) in [7, 11) is 1.39. The number of nitrogens with zero attached hydrogens (tertiary/aromatic N) is 2. The molecule has 14 heavy (non-hydrogen) atoms. The molecule has 0 spiro atoms. The van der Waals surface area contributed by atoms with Gasteiger partial charge >= 0.3 is 5.97 Å². The third-order valence-corrected chi connectivity index (χ3v) is 2.56. The van der Waals surface area contributed by atoms with E-state index in [9.17, 15) is 4.79 Å². The summed E-state index contributed by atoms with van der Waals surface area (Å²) in [4.78, 5) is 11.2. The van der Waals surface area contributed by atoms with Crippen LogP contribution in [-0.4, -0.2) is 22.9 Å². The second-order valence-electron chi connectivity index (χ2n) is 3.69. The number of methoxy groups -OCH3 is 1. The molecule has 76 valence electrons. The fourth-order valence-electron chi connectivity index (χ4n) is 1.44. The van der Waals surface area contributed by atoms with E-state index >= 15 is 0 Å². The molecule has 1 aromatic rings. The third-order valence-electron chi connectivity index (χ3n) is 2.56. The van der Waals surface area contributed by atoms with Crippen molar-refractivity contribution in [3.8, 4) is 0 Å². The zero-order valence-corrected chi connectivity index (χ0v) is 8.43. The maximum Gasteiger partial charge on any atom is 0.330 e. The van der Waals surface area contributed by atoms with Gasteiger partial charge in [0.25, 0.3) is 0 Å². The lowest BCUT2D eigenvalue weighted by Gasteiger charge is -2.08. The van der Waals surface area contributed by atoms with Crippen LogP contribution in [0.4, 0.5) is 0 Å². The number of aromatic nitrogens is 2. The van der Waals surface area contributed by atoms with E-state index in [-0.39, 0.29) is 12.0 Å². The van der Waals surface area contributed by atoms with E-state index < -0.39 is 0 Å². The summed E-state index contributed by atoms with van der Waals surface area (Å²) in [5, 5.41) is 4.36. The van der Waals surface area contributed by atoms with Crippen molar-refractivity contribution < 1.29 is 9.53 Å². The van der Waals surface area contributed by atoms with Crippen molar-refractivity contribution in [2.45, 2.75) is 31.7 Å². The van der Waals surface area contributed by atoms with Gasteiger partial charge in [0.15, 0.2) is 0 Å². The summed E-state index contributed by atoms with van der Waals surface area (Å²) >= 11 is 0. The molecular formula is C10H14N2O2. The molecule has 0 bridgehead atoms. The van der Waals surface area contributed by atoms with E-state index in [4.69, 9.17) is 0 Å². The first kappa shape index (κ1) is 9.24. The lowest BCUT2D eigenvalue weighted by atomic mass is 10.3. The van der Waals surface area contributed by atoms with Crippen molar-refractivity contribution >= 4 is 5.97 Å². The quantitative estimate of drug-likeness (QED) is 0.685. The molecule has 1 heterocycles. The topological polar surface area (TPSA) is 44.1 Å². The van der Waals surface area contributed by atoms with Crippen LogP contribution in [-0.2, 0) is 9.53 Å². The van der Waals surface area contributed by atoms with Crippen LogP contribution < -0.4 is 0 Å². The van der Waals surface area contributed by atoms with E-state index in [1.165, 1.54) is 20.0 Å². The highest BCUT2D eigenvalue weighted by Crippen LogP contribution is 2.38. The molecule has 2 rings (SSSR count). The molecule has 1 saturated carbocycles. The first-order chi connectivity index (χ1) is 6.72. The molecule has 4 heteroatoms. The van der Waals surface area contributed by atoms with E-state index in [1.807, 2.05) is 12.3 Å². The summed E-state index contributed by atoms with van der Waals surface area (Å²) in [6.07, 6.45) is 4.29. The molecule has 1 fully saturated rings. The molecule has 0 saturated heterocycles. The number of ether oxygens (including phenoxy) is 1. The van der Waals surface area contributed by atoms with Crippen LogP contribution in [0, 0.1) is 0 Å². The van der Waals surface area contributed by atoms with E-state index in [2.05, 4.69) is 9.84 Å². The summed E-state index contributed by atoms with van der Waals surface area (Å²) in [6.45, 7) is 1.79. The Labute approximate surface area is 82.9 Å². The maximum atomic E-state index is 11.2. The van der Waals surface area contributed by atoms with Crippen molar-refractivity contribution in [1.82, 2.24) is 9.78 Å². The van der Waals surface area contributed by atoms with Gasteiger partial charge in [-0.25, -0.2) is 4.79 Å². The Hall–Kier alpha value is -1.32. The van der Waals surface area contributed by atoms with Crippen LogP contribution in [0.5, 0.6) is 0 Å². The minimum atomic E-state index is -0.326. The van der Waals surface area contributed by atoms with Gasteiger partial charge in [-0.3, -0.25) is 4.68 Å². The number of rotatable bonds is 3. The molecule has 1 aliphatic rings. The van der Waals surface area contributed by atoms with E-state index in [0.717, 1.165) is 5.69 Å². The van der Waals surface area contributed by atoms with Crippen LogP contribution in [0.2, 0.25) is 0 Å². The van der Waals surface area contributed by atoms with Gasteiger partial charge in [0, 0.05) is 12.1 Å². The van der Waals surface area contributed by atoms with Crippen LogP contribution >= 0.6 is 0 Å². The number of carbonyl (C=O) groups is 1. The molecule has 1 unspecified atom stereocenters. The average molecular weight is 194 g/mol. The van der Waals surface area contributed by atoms with Gasteiger partial charge in [0.2, 0.25) is 0 Å². The zero-order chi connectivity index (χ0) is 10.1. The maximum absolute atomic E-state index is 11.2. The Kier molecular flexibility index (Phi) is 2.27. The Morgan fingerprint density at radius 3 is 3.00 bits per heavy atom. The fourth-order valence-corrected chi connectivity index (χ4v) is 1.44. The van der Waals surface area contributed by atoms with Gasteiger partial charge in [-0.15, -0.1) is 0 Å². The lowest BCUT2D eigenvalue weighted by molar-refractivity contribution is -0.144. The van der Waals surface area contributed by atoms with E-state index in [0.29, 0.717) is 5.92 Å². The largest absolute Gasteiger partial charge is 0.467 e. The second kappa shape index (κ2) is 3.44. The summed E-state index contributed by atoms with van der Waals surface area (Å²) in [5.74, 6) is 0.372. The van der Waals surface area contributed by atoms with Gasteiger partial charge in [-0.1, -0.05) is 0 Å². The highest BCUT2D eigenvalue weighted by atomic mass is 16.5. The molecule has 1 aliphatic carbocycles. The lowest BCUT2D eigenvalue weighted by Crippen LogP contribution is -2.18. The van der Waals surface area contributed by atoms with Gasteiger partial charge in [0.1, 0.15) is 6.04 Å². The molecule has 0 amide bonds. The molecule has 1 aromatic heterocycles. The smallest absolute Gasteiger partial charge is 0.330 e. The first-order valence-corrected chi connectivity index (χ1v) is 4.85. The van der Waals surface area contributed by atoms with Crippen molar-refractivity contribution in [3.05, 3.63) is 18.0 Å². The summed E-state index contributed by atoms with van der Waals surface area (Å²) in [5.41, 5.74) is 1.10. The number of hydrogen-bond acceptors (Lipinski definition) is 3. The Balaban J connectivity index is 2.11. The fraction of sp³-hybridized carbons (Fsp3) is 0.600. The van der Waals surface area contributed by atoms with Gasteiger partial charge in [0.05, 0.1) is 12.8 Å². The zero-order valence-electron chi connectivity index (χ0n) is 8.43. The standard InChI is InChI=1S/C10H14N2O2/c1-7(10(13)14-2)12-6-5-9(11-12)8-3-4-8/h5-8H,3-4H2,1-2H3. The Morgan fingerprint density at radius 1 is 1.71 bits per heavy atom. The SMILES string of the molecule is COC(=O)C(C)n1ccc(C2CC2)n1. The predicted molar refractivity (Wildman–Crippen MR) is 50.9 cm³/mol. The Bertz CT molecular complexity index is 342. The summed E-state index contributed by atoms with van der Waals surface area (Å²) < 4.78 is 6.32. The van der Waals surface area contributed by atoms with Crippen molar-refractivity contribution in [1.29, 1.82) is 0 Å². The monoisotopic (exact) mass is 194 g/mol. The van der Waals surface area contributed by atoms with Crippen LogP contribution in [0.3, 0.4) is 0 Å². The average Bonchev–Trinajstić information content (AvgIpc) is 2.94. The summed E-state index contributed by atoms with van der Waals surface area (Å²) in [6, 6.07) is 1.66. The van der Waals surface area contributed by atoms with Crippen molar-refractivity contribution in [3.63, 3.8) is 0 Å². The molecule has 1 atom stereocenters. The molecule has 0 aliphatic heterocycles. The highest BCUT2D eigenvalue weighted by Gasteiger charge is 2.27. The highest BCUT2D eigenvalue weighted by molar-refractivity contribution is 5.73. The number of hydrogen-bond donors (Lipinski definition) is 0. The van der Waals surface area contributed by atoms with Crippen LogP contribution in [0.1, 0.15) is 37.4 Å². The second-order valence-corrected chi connectivity index (χ2v) is 3.69. The molecule has 0 aromatic carbocycles. The molecule has 0 N–H and O–H groups in total. The van der Waals surface area contributed by atoms with Gasteiger partial charge in [-0.05, 0) is 25.8 Å². The first-order valence-electron chi connectivity index (χ1n) is 4.85. The van der Waals surface area contributed by atoms with Gasteiger partial charge in [-0.2, -0.15) is 5.10 Å². The number of esters is 1. The van der Waals surface area contributed by atoms with Crippen molar-refractivity contribution in [2.75, 3.05) is 7.11 Å². The minimum Gasteiger partial charge on any atom is -0.467 e. The number of carbonyl (C=O) groups excluding carboxylic acids is 1. The van der Waals surface area contributed by atoms with Gasteiger partial charge < -0.3 is 4.74 Å².